The number of aryl methyl sites for hydroxylation is 3. The first kappa shape index (κ1) is 15.5. The maximum atomic E-state index is 4.48. The van der Waals surface area contributed by atoms with Crippen molar-refractivity contribution in [2.45, 2.75) is 46.6 Å². The van der Waals surface area contributed by atoms with Crippen LogP contribution in [-0.2, 0) is 12.8 Å². The molecule has 0 bridgehead atoms. The normalized spacial score (nSPS) is 12.5. The van der Waals surface area contributed by atoms with E-state index in [0.717, 1.165) is 24.4 Å². The van der Waals surface area contributed by atoms with E-state index in [1.54, 1.807) is 10.8 Å². The van der Waals surface area contributed by atoms with Crippen LogP contribution < -0.4 is 5.32 Å². The lowest BCUT2D eigenvalue weighted by molar-refractivity contribution is 0.765. The number of aromatic nitrogens is 4. The first-order valence-electron chi connectivity index (χ1n) is 8.09. The minimum atomic E-state index is 0.288. The fraction of sp³-hybridized carbons (Fsp3) is 0.389. The molecule has 0 aliphatic carbocycles. The van der Waals surface area contributed by atoms with Gasteiger partial charge in [0.05, 0.1) is 0 Å². The van der Waals surface area contributed by atoms with Gasteiger partial charge in [-0.3, -0.25) is 0 Å². The second kappa shape index (κ2) is 6.36. The molecule has 3 aromatic rings. The molecule has 0 fully saturated rings. The third kappa shape index (κ3) is 3.33. The van der Waals surface area contributed by atoms with Gasteiger partial charge in [-0.15, -0.1) is 0 Å². The molecule has 0 aliphatic heterocycles. The quantitative estimate of drug-likeness (QED) is 0.785. The van der Waals surface area contributed by atoms with Crippen LogP contribution in [0.25, 0.3) is 5.78 Å². The summed E-state index contributed by atoms with van der Waals surface area (Å²) in [5, 5.41) is 7.82. The van der Waals surface area contributed by atoms with Gasteiger partial charge in [-0.2, -0.15) is 14.6 Å². The van der Waals surface area contributed by atoms with E-state index in [1.165, 1.54) is 16.7 Å². The van der Waals surface area contributed by atoms with Gasteiger partial charge < -0.3 is 5.32 Å². The van der Waals surface area contributed by atoms with Crippen LogP contribution in [0.3, 0.4) is 0 Å². The summed E-state index contributed by atoms with van der Waals surface area (Å²) in [5.74, 6) is 1.59. The SMILES string of the molecule is CCc1cc(NC(C)Cc2ccc(C)cc2C)n2ncnc2n1. The van der Waals surface area contributed by atoms with Crippen LogP contribution in [0, 0.1) is 13.8 Å². The Morgan fingerprint density at radius 3 is 2.78 bits per heavy atom. The molecule has 1 N–H and O–H groups in total. The Morgan fingerprint density at radius 2 is 2.04 bits per heavy atom. The Hall–Kier alpha value is -2.43. The van der Waals surface area contributed by atoms with Crippen molar-refractivity contribution in [2.24, 2.45) is 0 Å². The summed E-state index contributed by atoms with van der Waals surface area (Å²) < 4.78 is 1.76. The van der Waals surface area contributed by atoms with E-state index in [-0.39, 0.29) is 6.04 Å². The van der Waals surface area contributed by atoms with Crippen LogP contribution in [0.15, 0.2) is 30.6 Å². The molecule has 120 valence electrons. The second-order valence-corrected chi connectivity index (χ2v) is 6.14. The fourth-order valence-electron chi connectivity index (χ4n) is 2.85. The van der Waals surface area contributed by atoms with E-state index < -0.39 is 0 Å². The van der Waals surface area contributed by atoms with E-state index in [9.17, 15) is 0 Å². The molecule has 0 radical (unpaired) electrons. The monoisotopic (exact) mass is 309 g/mol. The van der Waals surface area contributed by atoms with Crippen molar-refractivity contribution in [3.05, 3.63) is 53.0 Å². The van der Waals surface area contributed by atoms with Crippen molar-refractivity contribution in [1.29, 1.82) is 0 Å². The van der Waals surface area contributed by atoms with Gasteiger partial charge in [-0.25, -0.2) is 4.98 Å². The third-order valence-electron chi connectivity index (χ3n) is 4.09. The van der Waals surface area contributed by atoms with Crippen LogP contribution in [0.4, 0.5) is 5.82 Å². The fourth-order valence-corrected chi connectivity index (χ4v) is 2.85. The molecular formula is C18H23N5. The zero-order chi connectivity index (χ0) is 16.4. The van der Waals surface area contributed by atoms with E-state index in [2.05, 4.69) is 72.3 Å². The third-order valence-corrected chi connectivity index (χ3v) is 4.09. The minimum absolute atomic E-state index is 0.288. The van der Waals surface area contributed by atoms with E-state index >= 15 is 0 Å². The zero-order valence-electron chi connectivity index (χ0n) is 14.2. The van der Waals surface area contributed by atoms with E-state index in [1.807, 2.05) is 0 Å². The molecule has 3 rings (SSSR count). The van der Waals surface area contributed by atoms with Gasteiger partial charge in [0.25, 0.3) is 5.78 Å². The van der Waals surface area contributed by atoms with Gasteiger partial charge in [0.1, 0.15) is 12.1 Å². The number of hydrogen-bond acceptors (Lipinski definition) is 4. The van der Waals surface area contributed by atoms with E-state index in [4.69, 9.17) is 0 Å². The topological polar surface area (TPSA) is 55.1 Å². The van der Waals surface area contributed by atoms with Gasteiger partial charge in [-0.05, 0) is 44.7 Å². The molecule has 5 nitrogen and oxygen atoms in total. The minimum Gasteiger partial charge on any atom is -0.367 e. The number of fused-ring (bicyclic) bond motifs is 1. The Labute approximate surface area is 136 Å². The summed E-state index contributed by atoms with van der Waals surface area (Å²) in [4.78, 5) is 8.68. The average molecular weight is 309 g/mol. The Bertz CT molecular complexity index is 821. The van der Waals surface area contributed by atoms with Crippen molar-refractivity contribution < 1.29 is 0 Å². The second-order valence-electron chi connectivity index (χ2n) is 6.14. The lowest BCUT2D eigenvalue weighted by Crippen LogP contribution is -2.21. The van der Waals surface area contributed by atoms with Gasteiger partial charge in [-0.1, -0.05) is 30.7 Å². The maximum Gasteiger partial charge on any atom is 0.254 e. The van der Waals surface area contributed by atoms with Crippen LogP contribution in [0.1, 0.15) is 36.2 Å². The van der Waals surface area contributed by atoms with Crippen LogP contribution in [-0.4, -0.2) is 25.6 Å². The number of hydrogen-bond donors (Lipinski definition) is 1. The Balaban J connectivity index is 1.82. The Morgan fingerprint density at radius 1 is 1.22 bits per heavy atom. The lowest BCUT2D eigenvalue weighted by atomic mass is 10.00. The molecular weight excluding hydrogens is 286 g/mol. The van der Waals surface area contributed by atoms with E-state index in [0.29, 0.717) is 5.78 Å². The van der Waals surface area contributed by atoms with Gasteiger partial charge >= 0.3 is 0 Å². The van der Waals surface area contributed by atoms with Crippen LogP contribution in [0.2, 0.25) is 0 Å². The predicted octanol–water partition coefficient (Wildman–Crippen LogP) is 3.35. The van der Waals surface area contributed by atoms with Crippen molar-refractivity contribution in [3.63, 3.8) is 0 Å². The summed E-state index contributed by atoms with van der Waals surface area (Å²) in [6.07, 6.45) is 3.39. The number of nitrogens with zero attached hydrogens (tertiary/aromatic N) is 4. The molecule has 23 heavy (non-hydrogen) atoms. The van der Waals surface area contributed by atoms with Crippen molar-refractivity contribution in [2.75, 3.05) is 5.32 Å². The molecule has 2 aromatic heterocycles. The lowest BCUT2D eigenvalue weighted by Gasteiger charge is -2.17. The molecule has 0 amide bonds. The standard InChI is InChI=1S/C18H23N5/c1-5-16-10-17(23-18(22-16)19-11-20-23)21-14(4)9-15-7-6-12(2)8-13(15)3/h6-8,10-11,14,21H,5,9H2,1-4H3. The number of nitrogens with one attached hydrogen (secondary N) is 1. The maximum absolute atomic E-state index is 4.48. The first-order chi connectivity index (χ1) is 11.1. The first-order valence-corrected chi connectivity index (χ1v) is 8.09. The predicted molar refractivity (Wildman–Crippen MR) is 92.9 cm³/mol. The summed E-state index contributed by atoms with van der Waals surface area (Å²) in [6.45, 7) is 8.58. The van der Waals surface area contributed by atoms with Crippen molar-refractivity contribution >= 4 is 11.6 Å². The number of benzene rings is 1. The van der Waals surface area contributed by atoms with Gasteiger partial charge in [0.15, 0.2) is 0 Å². The molecule has 0 saturated heterocycles. The molecule has 0 saturated carbocycles. The average Bonchev–Trinajstić information content (AvgIpc) is 2.98. The highest BCUT2D eigenvalue weighted by Crippen LogP contribution is 2.16. The Kier molecular flexibility index (Phi) is 4.28. The summed E-state index contributed by atoms with van der Waals surface area (Å²) >= 11 is 0. The summed E-state index contributed by atoms with van der Waals surface area (Å²) in [5.41, 5.74) is 5.04. The summed E-state index contributed by atoms with van der Waals surface area (Å²) in [6, 6.07) is 8.97. The van der Waals surface area contributed by atoms with Crippen LogP contribution in [0.5, 0.6) is 0 Å². The highest BCUT2D eigenvalue weighted by Gasteiger charge is 2.11. The number of anilines is 1. The van der Waals surface area contributed by atoms with Crippen molar-refractivity contribution in [3.8, 4) is 0 Å². The van der Waals surface area contributed by atoms with Gasteiger partial charge in [0, 0.05) is 17.8 Å². The highest BCUT2D eigenvalue weighted by atomic mass is 15.4. The largest absolute Gasteiger partial charge is 0.367 e. The van der Waals surface area contributed by atoms with Gasteiger partial charge in [0.2, 0.25) is 0 Å². The zero-order valence-corrected chi connectivity index (χ0v) is 14.2. The molecule has 2 heterocycles. The molecule has 5 heteroatoms. The molecule has 1 aromatic carbocycles. The molecule has 0 spiro atoms. The van der Waals surface area contributed by atoms with Crippen molar-refractivity contribution in [1.82, 2.24) is 19.6 Å². The molecule has 0 aliphatic rings. The highest BCUT2D eigenvalue weighted by molar-refractivity contribution is 5.46. The molecule has 1 unspecified atom stereocenters. The number of rotatable bonds is 5. The van der Waals surface area contributed by atoms with Crippen LogP contribution >= 0.6 is 0 Å². The smallest absolute Gasteiger partial charge is 0.254 e. The molecule has 1 atom stereocenters. The summed E-state index contributed by atoms with van der Waals surface area (Å²) in [7, 11) is 0.